The number of allylic oxidation sites excluding steroid dienone is 4. The van der Waals surface area contributed by atoms with Crippen LogP contribution in [0.25, 0.3) is 0 Å². The van der Waals surface area contributed by atoms with Gasteiger partial charge in [0.1, 0.15) is 5.76 Å². The first-order valence-electron chi connectivity index (χ1n) is 11.8. The summed E-state index contributed by atoms with van der Waals surface area (Å²) in [7, 11) is 0. The Morgan fingerprint density at radius 1 is 0.929 bits per heavy atom. The summed E-state index contributed by atoms with van der Waals surface area (Å²) in [6.45, 7) is 17.7. The maximum Gasteiger partial charge on any atom is 0.114 e. The van der Waals surface area contributed by atoms with Crippen LogP contribution >= 0.6 is 0 Å². The van der Waals surface area contributed by atoms with Crippen LogP contribution in [0, 0.1) is 10.8 Å². The Morgan fingerprint density at radius 2 is 1.46 bits per heavy atom. The van der Waals surface area contributed by atoms with Gasteiger partial charge in [-0.1, -0.05) is 72.0 Å². The Balaban J connectivity index is 2.51. The van der Waals surface area contributed by atoms with Gasteiger partial charge in [-0.15, -0.1) is 0 Å². The molecule has 0 atom stereocenters. The second-order valence-corrected chi connectivity index (χ2v) is 10.8. The second kappa shape index (κ2) is 11.9. The van der Waals surface area contributed by atoms with Crippen molar-refractivity contribution in [1.82, 2.24) is 0 Å². The molecule has 0 spiro atoms. The van der Waals surface area contributed by atoms with Crippen LogP contribution in [0.5, 0.6) is 0 Å². The standard InChI is InChI=1S/C27H48O/c1-8-25(28)24(17-13-11-15-19-27(7)20-21-27)23(22(2)3)16-12-9-10-14-18-26(4,5)6/h8,28H,2,9-21H2,1,3-7H3/b24-23-,25-8?. The molecule has 1 aliphatic carbocycles. The highest BCUT2D eigenvalue weighted by Gasteiger charge is 2.35. The van der Waals surface area contributed by atoms with Gasteiger partial charge in [0.25, 0.3) is 0 Å². The molecule has 1 aliphatic rings. The largest absolute Gasteiger partial charge is 0.508 e. The first-order valence-corrected chi connectivity index (χ1v) is 11.8. The topological polar surface area (TPSA) is 20.2 Å². The van der Waals surface area contributed by atoms with Crippen LogP contribution in [0.1, 0.15) is 125 Å². The van der Waals surface area contributed by atoms with Gasteiger partial charge >= 0.3 is 0 Å². The van der Waals surface area contributed by atoms with E-state index in [1.54, 1.807) is 0 Å². The molecule has 28 heavy (non-hydrogen) atoms. The number of unbranched alkanes of at least 4 members (excludes halogenated alkanes) is 5. The van der Waals surface area contributed by atoms with Crippen LogP contribution in [-0.4, -0.2) is 5.11 Å². The number of aliphatic hydroxyl groups is 1. The minimum absolute atomic E-state index is 0.449. The van der Waals surface area contributed by atoms with E-state index in [9.17, 15) is 5.11 Å². The number of hydrogen-bond acceptors (Lipinski definition) is 1. The van der Waals surface area contributed by atoms with Crippen molar-refractivity contribution in [1.29, 1.82) is 0 Å². The molecule has 1 N–H and O–H groups in total. The van der Waals surface area contributed by atoms with Crippen LogP contribution < -0.4 is 0 Å². The average molecular weight is 389 g/mol. The molecular formula is C27H48O. The van der Waals surface area contributed by atoms with E-state index in [4.69, 9.17) is 0 Å². The predicted molar refractivity (Wildman–Crippen MR) is 126 cm³/mol. The summed E-state index contributed by atoms with van der Waals surface area (Å²) in [5, 5.41) is 10.5. The molecule has 0 aromatic rings. The molecule has 0 aromatic heterocycles. The van der Waals surface area contributed by atoms with E-state index in [0.29, 0.717) is 16.6 Å². The minimum atomic E-state index is 0.449. The molecule has 0 heterocycles. The highest BCUT2D eigenvalue weighted by Crippen LogP contribution is 2.49. The molecule has 0 bridgehead atoms. The van der Waals surface area contributed by atoms with E-state index in [2.05, 4.69) is 41.2 Å². The number of hydrogen-bond donors (Lipinski definition) is 1. The third-order valence-electron chi connectivity index (χ3n) is 6.38. The molecule has 0 aromatic carbocycles. The van der Waals surface area contributed by atoms with Gasteiger partial charge in [-0.25, -0.2) is 0 Å². The average Bonchev–Trinajstić information content (AvgIpc) is 3.34. The summed E-state index contributed by atoms with van der Waals surface area (Å²) in [4.78, 5) is 0. The number of rotatable bonds is 14. The maximum atomic E-state index is 10.5. The number of aliphatic hydroxyl groups excluding tert-OH is 1. The fourth-order valence-electron chi connectivity index (χ4n) is 4.03. The lowest BCUT2D eigenvalue weighted by Gasteiger charge is -2.18. The molecule has 1 rings (SSSR count). The quantitative estimate of drug-likeness (QED) is 0.178. The lowest BCUT2D eigenvalue weighted by atomic mass is 9.88. The van der Waals surface area contributed by atoms with E-state index in [1.165, 1.54) is 76.2 Å². The highest BCUT2D eigenvalue weighted by atomic mass is 16.3. The van der Waals surface area contributed by atoms with Gasteiger partial charge in [0.15, 0.2) is 0 Å². The van der Waals surface area contributed by atoms with E-state index < -0.39 is 0 Å². The molecule has 0 aliphatic heterocycles. The third kappa shape index (κ3) is 10.5. The lowest BCUT2D eigenvalue weighted by molar-refractivity contribution is 0.357. The molecule has 1 heteroatoms. The van der Waals surface area contributed by atoms with E-state index in [1.807, 2.05) is 13.0 Å². The first kappa shape index (κ1) is 25.1. The Hall–Kier alpha value is -0.980. The molecule has 1 fully saturated rings. The van der Waals surface area contributed by atoms with Gasteiger partial charge in [0.2, 0.25) is 0 Å². The molecule has 0 saturated heterocycles. The van der Waals surface area contributed by atoms with Crippen molar-refractivity contribution in [2.24, 2.45) is 10.8 Å². The monoisotopic (exact) mass is 388 g/mol. The maximum absolute atomic E-state index is 10.5. The SMILES string of the molecule is C=C(C)/C(CCCCCCC(C)(C)C)=C(/CCCCCC1(C)CC1)C(O)=CC. The van der Waals surface area contributed by atoms with Gasteiger partial charge in [0.05, 0.1) is 0 Å². The van der Waals surface area contributed by atoms with Crippen LogP contribution in [0.2, 0.25) is 0 Å². The lowest BCUT2D eigenvalue weighted by Crippen LogP contribution is -2.04. The highest BCUT2D eigenvalue weighted by molar-refractivity contribution is 5.40. The summed E-state index contributed by atoms with van der Waals surface area (Å²) in [6.07, 6.45) is 18.3. The summed E-state index contributed by atoms with van der Waals surface area (Å²) in [5.41, 5.74) is 4.70. The molecule has 1 saturated carbocycles. The van der Waals surface area contributed by atoms with Crippen molar-refractivity contribution >= 4 is 0 Å². The van der Waals surface area contributed by atoms with Crippen molar-refractivity contribution in [3.05, 3.63) is 35.1 Å². The van der Waals surface area contributed by atoms with Gasteiger partial charge in [-0.05, 0) is 93.3 Å². The molecule has 0 amide bonds. The van der Waals surface area contributed by atoms with Gasteiger partial charge in [0, 0.05) is 0 Å². The summed E-state index contributed by atoms with van der Waals surface area (Å²) < 4.78 is 0. The van der Waals surface area contributed by atoms with Crippen molar-refractivity contribution in [3.8, 4) is 0 Å². The fraction of sp³-hybridized carbons (Fsp3) is 0.778. The molecule has 0 unspecified atom stereocenters. The van der Waals surface area contributed by atoms with Crippen LogP contribution in [0.3, 0.4) is 0 Å². The molecular weight excluding hydrogens is 340 g/mol. The fourth-order valence-corrected chi connectivity index (χ4v) is 4.03. The van der Waals surface area contributed by atoms with Gasteiger partial charge in [-0.2, -0.15) is 0 Å². The molecule has 0 radical (unpaired) electrons. The zero-order valence-electron chi connectivity index (χ0n) is 19.9. The van der Waals surface area contributed by atoms with Crippen molar-refractivity contribution in [3.63, 3.8) is 0 Å². The molecule has 162 valence electrons. The summed E-state index contributed by atoms with van der Waals surface area (Å²) in [5.74, 6) is 0.472. The van der Waals surface area contributed by atoms with E-state index in [0.717, 1.165) is 24.0 Å². The first-order chi connectivity index (χ1) is 13.1. The van der Waals surface area contributed by atoms with Crippen LogP contribution in [0.15, 0.2) is 35.1 Å². The Morgan fingerprint density at radius 3 is 1.96 bits per heavy atom. The molecule has 1 nitrogen and oxygen atoms in total. The zero-order valence-corrected chi connectivity index (χ0v) is 19.9. The van der Waals surface area contributed by atoms with Crippen LogP contribution in [0.4, 0.5) is 0 Å². The van der Waals surface area contributed by atoms with Crippen molar-refractivity contribution in [2.45, 2.75) is 125 Å². The van der Waals surface area contributed by atoms with Gasteiger partial charge in [-0.3, -0.25) is 0 Å². The normalized spacial score (nSPS) is 17.4. The Bertz CT molecular complexity index is 537. The van der Waals surface area contributed by atoms with Crippen molar-refractivity contribution in [2.75, 3.05) is 0 Å². The Kier molecular flexibility index (Phi) is 10.6. The van der Waals surface area contributed by atoms with E-state index >= 15 is 0 Å². The smallest absolute Gasteiger partial charge is 0.114 e. The second-order valence-electron chi connectivity index (χ2n) is 10.8. The zero-order chi connectivity index (χ0) is 21.2. The Labute approximate surface area is 176 Å². The summed E-state index contributed by atoms with van der Waals surface area (Å²) in [6, 6.07) is 0. The van der Waals surface area contributed by atoms with E-state index in [-0.39, 0.29) is 0 Å². The summed E-state index contributed by atoms with van der Waals surface area (Å²) >= 11 is 0. The van der Waals surface area contributed by atoms with Crippen molar-refractivity contribution < 1.29 is 5.11 Å². The minimum Gasteiger partial charge on any atom is -0.508 e. The predicted octanol–water partition coefficient (Wildman–Crippen LogP) is 9.46. The van der Waals surface area contributed by atoms with Crippen LogP contribution in [-0.2, 0) is 0 Å². The van der Waals surface area contributed by atoms with Gasteiger partial charge < -0.3 is 5.11 Å². The third-order valence-corrected chi connectivity index (χ3v) is 6.38.